The number of rotatable bonds is 11. The number of thiocarbonyl (C=S) groups is 1. The molecule has 1 N–H and O–H groups in total. The van der Waals surface area contributed by atoms with Crippen LogP contribution in [0.2, 0.25) is 0 Å². The summed E-state index contributed by atoms with van der Waals surface area (Å²) < 4.78 is 13.1. The molecule has 19 heteroatoms. The zero-order valence-corrected chi connectivity index (χ0v) is 29.8. The number of aromatic nitrogens is 4. The van der Waals surface area contributed by atoms with E-state index in [0.29, 0.717) is 59.0 Å². The Bertz CT molecular complexity index is 2330. The minimum atomic E-state index is -0.453. The van der Waals surface area contributed by atoms with Gasteiger partial charge in [-0.3, -0.25) is 39.3 Å². The highest BCUT2D eigenvalue weighted by Crippen LogP contribution is 2.36. The van der Waals surface area contributed by atoms with Crippen molar-refractivity contribution in [3.8, 4) is 21.1 Å². The van der Waals surface area contributed by atoms with Crippen molar-refractivity contribution in [1.29, 1.82) is 0 Å². The van der Waals surface area contributed by atoms with Crippen molar-refractivity contribution >= 4 is 89.9 Å². The molecule has 0 atom stereocenters. The lowest BCUT2D eigenvalue weighted by Crippen LogP contribution is -2.32. The number of carbonyl (C=O) groups excluding carboxylic acids is 3. The first-order valence-corrected chi connectivity index (χ1v) is 17.7. The van der Waals surface area contributed by atoms with Crippen molar-refractivity contribution in [2.45, 2.75) is 26.7 Å². The van der Waals surface area contributed by atoms with Crippen molar-refractivity contribution in [3.63, 3.8) is 0 Å². The molecule has 6 aromatic rings. The fourth-order valence-corrected chi connectivity index (χ4v) is 7.54. The number of hydrogen-bond donors (Lipinski definition) is 1. The van der Waals surface area contributed by atoms with Gasteiger partial charge in [0.05, 0.1) is 32.5 Å². The van der Waals surface area contributed by atoms with E-state index in [-0.39, 0.29) is 29.7 Å². The maximum Gasteiger partial charge on any atom is 0.354 e. The molecule has 4 aromatic heterocycles. The molecule has 52 heavy (non-hydrogen) atoms. The molecule has 0 saturated carbocycles. The van der Waals surface area contributed by atoms with Gasteiger partial charge in [0.1, 0.15) is 27.1 Å². The van der Waals surface area contributed by atoms with Crippen LogP contribution < -0.4 is 0 Å². The smallest absolute Gasteiger partial charge is 0.354 e. The summed E-state index contributed by atoms with van der Waals surface area (Å²) in [4.78, 5) is 69.9. The lowest BCUT2D eigenvalue weighted by molar-refractivity contribution is -0.385. The molecule has 0 fully saturated rings. The number of nitrogens with one attached hydrogen (secondary N) is 1. The van der Waals surface area contributed by atoms with Crippen LogP contribution in [0, 0.1) is 20.2 Å². The lowest BCUT2D eigenvalue weighted by atomic mass is 10.2. The second kappa shape index (κ2) is 15.1. The second-order valence-electron chi connectivity index (χ2n) is 11.0. The normalized spacial score (nSPS) is 12.2. The maximum absolute atomic E-state index is 12.7. The second-order valence-corrected chi connectivity index (χ2v) is 13.4. The lowest BCUT2D eigenvalue weighted by Gasteiger charge is -2.15. The Kier molecular flexibility index (Phi) is 10.4. The van der Waals surface area contributed by atoms with Crippen molar-refractivity contribution in [2.24, 2.45) is 0 Å². The van der Waals surface area contributed by atoms with Crippen LogP contribution in [0.4, 0.5) is 11.4 Å². The van der Waals surface area contributed by atoms with Crippen molar-refractivity contribution in [2.75, 3.05) is 19.8 Å². The molecular weight excluding hydrogens is 735 g/mol. The average Bonchev–Trinajstić information content (AvgIpc) is 3.93. The van der Waals surface area contributed by atoms with Crippen molar-refractivity contribution in [3.05, 3.63) is 92.3 Å². The molecule has 1 aliphatic rings. The van der Waals surface area contributed by atoms with E-state index in [1.165, 1.54) is 51.8 Å². The van der Waals surface area contributed by atoms with Gasteiger partial charge in [0.2, 0.25) is 0 Å². The molecule has 0 spiro atoms. The average molecular weight is 762 g/mol. The van der Waals surface area contributed by atoms with E-state index in [1.54, 1.807) is 54.8 Å². The Hall–Kier alpha value is -5.92. The van der Waals surface area contributed by atoms with Crippen molar-refractivity contribution in [1.82, 2.24) is 24.4 Å². The predicted octanol–water partition coefficient (Wildman–Crippen LogP) is 6.98. The van der Waals surface area contributed by atoms with Crippen LogP contribution in [0.25, 0.3) is 41.8 Å². The molecule has 7 rings (SSSR count). The SMILES string of the molecule is CCOC(=O)CCCN1C(=O)c2cc3sc(-c4ccc([N+](=O)[O-])cc4)nc3n2C1=S.CCOC(=O)c1cc2sc(-c3ccc([N+](=O)[O-])cc3)nc2[nH]1. The fraction of sp³-hybridized carbons (Fsp3) is 0.212. The highest BCUT2D eigenvalue weighted by atomic mass is 32.1. The van der Waals surface area contributed by atoms with Crippen LogP contribution in [0.15, 0.2) is 60.7 Å². The van der Waals surface area contributed by atoms with E-state index in [2.05, 4.69) is 15.0 Å². The Labute approximate surface area is 306 Å². The van der Waals surface area contributed by atoms with Gasteiger partial charge in [-0.2, -0.15) is 0 Å². The zero-order chi connectivity index (χ0) is 37.1. The van der Waals surface area contributed by atoms with Crippen LogP contribution in [0.5, 0.6) is 0 Å². The Morgan fingerprint density at radius 1 is 0.865 bits per heavy atom. The summed E-state index contributed by atoms with van der Waals surface area (Å²) in [5, 5.41) is 23.2. The molecule has 1 amide bonds. The monoisotopic (exact) mass is 761 g/mol. The topological polar surface area (TPSA) is 206 Å². The molecule has 0 saturated heterocycles. The van der Waals surface area contributed by atoms with E-state index < -0.39 is 15.8 Å². The van der Waals surface area contributed by atoms with E-state index in [4.69, 9.17) is 21.7 Å². The first-order valence-electron chi connectivity index (χ1n) is 15.7. The Morgan fingerprint density at radius 2 is 1.44 bits per heavy atom. The first kappa shape index (κ1) is 35.9. The highest BCUT2D eigenvalue weighted by Gasteiger charge is 2.35. The molecule has 0 radical (unpaired) electrons. The van der Waals surface area contributed by atoms with Crippen molar-refractivity contribution < 1.29 is 33.7 Å². The number of ether oxygens (including phenoxy) is 2. The Morgan fingerprint density at radius 3 is 2.00 bits per heavy atom. The number of esters is 2. The molecule has 2 aromatic carbocycles. The predicted molar refractivity (Wildman–Crippen MR) is 197 cm³/mol. The van der Waals surface area contributed by atoms with Gasteiger partial charge >= 0.3 is 11.9 Å². The molecule has 5 heterocycles. The van der Waals surface area contributed by atoms with Gasteiger partial charge in [-0.15, -0.1) is 22.7 Å². The maximum atomic E-state index is 12.7. The number of nitrogens with zero attached hydrogens (tertiary/aromatic N) is 6. The quantitative estimate of drug-likeness (QED) is 0.0614. The summed E-state index contributed by atoms with van der Waals surface area (Å²) in [5.74, 6) is -0.931. The first-order chi connectivity index (χ1) is 25.0. The minimum Gasteiger partial charge on any atom is -0.466 e. The molecular formula is C33H27N7O9S3. The van der Waals surface area contributed by atoms with Crippen LogP contribution in [0.3, 0.4) is 0 Å². The van der Waals surface area contributed by atoms with Gasteiger partial charge in [-0.1, -0.05) is 0 Å². The zero-order valence-electron chi connectivity index (χ0n) is 27.4. The van der Waals surface area contributed by atoms with Crippen LogP contribution in [0.1, 0.15) is 47.7 Å². The van der Waals surface area contributed by atoms with Gasteiger partial charge < -0.3 is 14.5 Å². The van der Waals surface area contributed by atoms with Crippen LogP contribution in [-0.2, 0) is 14.3 Å². The van der Waals surface area contributed by atoms with E-state index in [9.17, 15) is 34.6 Å². The summed E-state index contributed by atoms with van der Waals surface area (Å²) in [6.45, 7) is 4.44. The number of benzene rings is 2. The molecule has 0 bridgehead atoms. The molecule has 0 aliphatic carbocycles. The summed E-state index contributed by atoms with van der Waals surface area (Å²) in [6, 6.07) is 15.8. The number of amides is 1. The third-order valence-corrected chi connectivity index (χ3v) is 10.1. The number of nitro groups is 2. The number of H-pyrrole nitrogens is 1. The van der Waals surface area contributed by atoms with Crippen LogP contribution in [-0.4, -0.2) is 77.0 Å². The molecule has 1 aliphatic heterocycles. The summed E-state index contributed by atoms with van der Waals surface area (Å²) >= 11 is 8.29. The van der Waals surface area contributed by atoms with Gasteiger partial charge in [0.25, 0.3) is 17.3 Å². The number of non-ortho nitro benzene ring substituents is 2. The molecule has 16 nitrogen and oxygen atoms in total. The third-order valence-electron chi connectivity index (χ3n) is 7.64. The highest BCUT2D eigenvalue weighted by molar-refractivity contribution is 7.80. The van der Waals surface area contributed by atoms with Crippen LogP contribution >= 0.6 is 34.9 Å². The van der Waals surface area contributed by atoms with E-state index in [1.807, 2.05) is 0 Å². The summed E-state index contributed by atoms with van der Waals surface area (Å²) in [7, 11) is 0. The number of carbonyl (C=O) groups is 3. The number of aromatic amines is 1. The van der Waals surface area contributed by atoms with Gasteiger partial charge in [-0.25, -0.2) is 14.8 Å². The fourth-order valence-electron chi connectivity index (χ4n) is 5.22. The van der Waals surface area contributed by atoms with E-state index in [0.717, 1.165) is 25.5 Å². The minimum absolute atomic E-state index is 0.00908. The number of thiazole rings is 2. The number of nitro benzene ring substituents is 2. The van der Waals surface area contributed by atoms with Gasteiger partial charge in [0, 0.05) is 48.4 Å². The number of fused-ring (bicyclic) bond motifs is 4. The molecule has 266 valence electrons. The standard InChI is InChI=1S/C19H16N4O5S2.C14H11N3O4S/c1-2-28-15(24)4-3-9-21-18(25)13-10-14-16(22(13)19(21)29)20-17(30-14)11-5-7-12(8-6-11)23(26)27;1-2-21-14(18)10-7-11-12(15-10)16-13(22-11)8-3-5-9(6-4-8)17(19)20/h5-8,10H,2-4,9H2,1H3;3-7,15H,2H2,1H3. The third kappa shape index (κ3) is 7.27. The number of hydrogen-bond acceptors (Lipinski definition) is 14. The summed E-state index contributed by atoms with van der Waals surface area (Å²) in [5.41, 5.74) is 3.57. The largest absolute Gasteiger partial charge is 0.466 e. The summed E-state index contributed by atoms with van der Waals surface area (Å²) in [6.07, 6.45) is 0.662. The van der Waals surface area contributed by atoms with E-state index >= 15 is 0 Å². The van der Waals surface area contributed by atoms with Gasteiger partial charge in [0.15, 0.2) is 10.8 Å². The Balaban J connectivity index is 0.000000187. The molecule has 0 unspecified atom stereocenters. The van der Waals surface area contributed by atoms with Gasteiger partial charge in [-0.05, 0) is 68.9 Å².